The van der Waals surface area contributed by atoms with Gasteiger partial charge < -0.3 is 20.4 Å². The molecule has 0 saturated heterocycles. The molecule has 1 atom stereocenters. The number of hydrogen-bond acceptors (Lipinski definition) is 5. The van der Waals surface area contributed by atoms with Crippen LogP contribution in [0.15, 0.2) is 33.5 Å². The standard InChI is InChI=1S/C15H14ClNO5/c1-7-4-12(19)14(21)15(22-7)9(6-13(17)20)8-2-3-11(18)10(16)5-8/h2-5,9,18,21H,6H2,1H3,(H2,17,20). The first-order chi connectivity index (χ1) is 10.3. The lowest BCUT2D eigenvalue weighted by molar-refractivity contribution is -0.118. The molecule has 22 heavy (non-hydrogen) atoms. The Bertz CT molecular complexity index is 784. The van der Waals surface area contributed by atoms with E-state index in [1.165, 1.54) is 18.2 Å². The summed E-state index contributed by atoms with van der Waals surface area (Å²) in [7, 11) is 0. The zero-order valence-electron chi connectivity index (χ0n) is 11.7. The van der Waals surface area contributed by atoms with Crippen molar-refractivity contribution in [3.05, 3.63) is 56.6 Å². The van der Waals surface area contributed by atoms with E-state index in [4.69, 9.17) is 21.8 Å². The van der Waals surface area contributed by atoms with Gasteiger partial charge in [-0.25, -0.2) is 0 Å². The number of amides is 1. The lowest BCUT2D eigenvalue weighted by atomic mass is 9.92. The molecule has 0 radical (unpaired) electrons. The first kappa shape index (κ1) is 15.9. The first-order valence-corrected chi connectivity index (χ1v) is 6.77. The fourth-order valence-corrected chi connectivity index (χ4v) is 2.35. The SMILES string of the molecule is Cc1cc(=O)c(O)c(C(CC(N)=O)c2ccc(O)c(Cl)c2)o1. The van der Waals surface area contributed by atoms with Crippen LogP contribution in [0.2, 0.25) is 5.02 Å². The third kappa shape index (κ3) is 3.23. The van der Waals surface area contributed by atoms with Crippen molar-refractivity contribution in [1.82, 2.24) is 0 Å². The molecule has 1 heterocycles. The van der Waals surface area contributed by atoms with E-state index in [2.05, 4.69) is 0 Å². The van der Waals surface area contributed by atoms with E-state index < -0.39 is 23.0 Å². The Hall–Kier alpha value is -2.47. The maximum Gasteiger partial charge on any atom is 0.227 e. The highest BCUT2D eigenvalue weighted by molar-refractivity contribution is 6.32. The van der Waals surface area contributed by atoms with Crippen LogP contribution < -0.4 is 11.2 Å². The molecule has 0 spiro atoms. The van der Waals surface area contributed by atoms with E-state index in [0.717, 1.165) is 6.07 Å². The number of benzene rings is 1. The van der Waals surface area contributed by atoms with Gasteiger partial charge in [-0.15, -0.1) is 0 Å². The summed E-state index contributed by atoms with van der Waals surface area (Å²) in [5, 5.41) is 19.5. The smallest absolute Gasteiger partial charge is 0.227 e. The number of aryl methyl sites for hydroxylation is 1. The molecule has 116 valence electrons. The highest BCUT2D eigenvalue weighted by Crippen LogP contribution is 2.35. The molecule has 0 bridgehead atoms. The number of rotatable bonds is 4. The number of nitrogens with two attached hydrogens (primary N) is 1. The van der Waals surface area contributed by atoms with Gasteiger partial charge in [-0.05, 0) is 24.6 Å². The lowest BCUT2D eigenvalue weighted by Gasteiger charge is -2.17. The molecule has 1 aromatic heterocycles. The van der Waals surface area contributed by atoms with Crippen LogP contribution in [0, 0.1) is 6.92 Å². The quantitative estimate of drug-likeness (QED) is 0.796. The molecule has 6 nitrogen and oxygen atoms in total. The van der Waals surface area contributed by atoms with Crippen molar-refractivity contribution in [3.63, 3.8) is 0 Å². The van der Waals surface area contributed by atoms with Gasteiger partial charge in [-0.1, -0.05) is 17.7 Å². The summed E-state index contributed by atoms with van der Waals surface area (Å²) < 4.78 is 5.41. The second kappa shape index (κ2) is 6.11. The van der Waals surface area contributed by atoms with E-state index in [0.29, 0.717) is 5.56 Å². The van der Waals surface area contributed by atoms with Gasteiger partial charge in [0.1, 0.15) is 11.5 Å². The molecule has 2 aromatic rings. The minimum atomic E-state index is -0.789. The van der Waals surface area contributed by atoms with E-state index in [9.17, 15) is 19.8 Å². The number of phenolic OH excluding ortho intramolecular Hbond substituents is 1. The van der Waals surface area contributed by atoms with Crippen LogP contribution in [0.25, 0.3) is 0 Å². The summed E-state index contributed by atoms with van der Waals surface area (Å²) in [6.07, 6.45) is -0.193. The molecular formula is C15H14ClNO5. The second-order valence-corrected chi connectivity index (χ2v) is 5.28. The van der Waals surface area contributed by atoms with Crippen LogP contribution in [0.1, 0.15) is 29.4 Å². The molecule has 0 aliphatic heterocycles. The van der Waals surface area contributed by atoms with Gasteiger partial charge in [0, 0.05) is 12.5 Å². The third-order valence-electron chi connectivity index (χ3n) is 3.17. The molecular weight excluding hydrogens is 310 g/mol. The number of carbonyl (C=O) groups is 1. The van der Waals surface area contributed by atoms with Crippen molar-refractivity contribution in [3.8, 4) is 11.5 Å². The predicted octanol–water partition coefficient (Wildman–Crippen LogP) is 2.02. The third-order valence-corrected chi connectivity index (χ3v) is 3.47. The predicted molar refractivity (Wildman–Crippen MR) is 80.2 cm³/mol. The van der Waals surface area contributed by atoms with Gasteiger partial charge in [0.2, 0.25) is 17.1 Å². The molecule has 1 aromatic carbocycles. The Balaban J connectivity index is 2.62. The van der Waals surface area contributed by atoms with E-state index >= 15 is 0 Å². The van der Waals surface area contributed by atoms with Gasteiger partial charge in [0.05, 0.1) is 10.9 Å². The second-order valence-electron chi connectivity index (χ2n) is 4.87. The van der Waals surface area contributed by atoms with Crippen molar-refractivity contribution in [2.24, 2.45) is 5.73 Å². The highest BCUT2D eigenvalue weighted by atomic mass is 35.5. The zero-order chi connectivity index (χ0) is 16.4. The molecule has 0 aliphatic rings. The van der Waals surface area contributed by atoms with Gasteiger partial charge >= 0.3 is 0 Å². The van der Waals surface area contributed by atoms with E-state index in [1.54, 1.807) is 6.92 Å². The van der Waals surface area contributed by atoms with Crippen molar-refractivity contribution < 1.29 is 19.4 Å². The Kier molecular flexibility index (Phi) is 4.42. The van der Waals surface area contributed by atoms with Gasteiger partial charge in [0.25, 0.3) is 0 Å². The highest BCUT2D eigenvalue weighted by Gasteiger charge is 2.25. The maximum atomic E-state index is 11.7. The number of halogens is 1. The van der Waals surface area contributed by atoms with Crippen LogP contribution in [0.4, 0.5) is 0 Å². The molecule has 1 unspecified atom stereocenters. The molecule has 4 N–H and O–H groups in total. The number of hydrogen-bond donors (Lipinski definition) is 3. The summed E-state index contributed by atoms with van der Waals surface area (Å²) >= 11 is 5.86. The fourth-order valence-electron chi connectivity index (χ4n) is 2.16. The van der Waals surface area contributed by atoms with Crippen molar-refractivity contribution in [2.75, 3.05) is 0 Å². The minimum absolute atomic E-state index is 0.0643. The average molecular weight is 324 g/mol. The number of primary amides is 1. The van der Waals surface area contributed by atoms with E-state index in [1.807, 2.05) is 0 Å². The Labute approximate surface area is 130 Å². The van der Waals surface area contributed by atoms with Gasteiger partial charge in [0.15, 0.2) is 5.76 Å². The normalized spacial score (nSPS) is 12.1. The van der Waals surface area contributed by atoms with Gasteiger partial charge in [-0.3, -0.25) is 9.59 Å². The molecule has 0 aliphatic carbocycles. The molecule has 1 amide bonds. The summed E-state index contributed by atoms with van der Waals surface area (Å²) in [4.78, 5) is 23.0. The average Bonchev–Trinajstić information content (AvgIpc) is 2.43. The minimum Gasteiger partial charge on any atom is -0.506 e. The Morgan fingerprint density at radius 2 is 2.05 bits per heavy atom. The zero-order valence-corrected chi connectivity index (χ0v) is 12.4. The lowest BCUT2D eigenvalue weighted by Crippen LogP contribution is -2.17. The summed E-state index contributed by atoms with van der Waals surface area (Å²) in [5.41, 5.74) is 5.10. The monoisotopic (exact) mass is 323 g/mol. The molecule has 0 saturated carbocycles. The molecule has 7 heteroatoms. The summed E-state index contributed by atoms with van der Waals surface area (Å²) in [6.45, 7) is 1.55. The van der Waals surface area contributed by atoms with Crippen LogP contribution in [0.5, 0.6) is 11.5 Å². The van der Waals surface area contributed by atoms with Crippen LogP contribution in [0.3, 0.4) is 0 Å². The number of phenols is 1. The summed E-state index contributed by atoms with van der Waals surface area (Å²) in [5.74, 6) is -1.91. The summed E-state index contributed by atoms with van der Waals surface area (Å²) in [6, 6.07) is 5.42. The van der Waals surface area contributed by atoms with Crippen molar-refractivity contribution in [1.29, 1.82) is 0 Å². The van der Waals surface area contributed by atoms with Crippen LogP contribution >= 0.6 is 11.6 Å². The van der Waals surface area contributed by atoms with E-state index in [-0.39, 0.29) is 28.7 Å². The molecule has 2 rings (SSSR count). The Morgan fingerprint density at radius 1 is 1.36 bits per heavy atom. The van der Waals surface area contributed by atoms with Crippen LogP contribution in [-0.4, -0.2) is 16.1 Å². The topological polar surface area (TPSA) is 114 Å². The number of aromatic hydroxyl groups is 2. The van der Waals surface area contributed by atoms with Crippen LogP contribution in [-0.2, 0) is 4.79 Å². The van der Waals surface area contributed by atoms with Gasteiger partial charge in [-0.2, -0.15) is 0 Å². The van der Waals surface area contributed by atoms with Crippen molar-refractivity contribution in [2.45, 2.75) is 19.3 Å². The van der Waals surface area contributed by atoms with Crippen molar-refractivity contribution >= 4 is 17.5 Å². The Morgan fingerprint density at radius 3 is 2.64 bits per heavy atom. The maximum absolute atomic E-state index is 11.7. The molecule has 0 fully saturated rings. The largest absolute Gasteiger partial charge is 0.506 e. The number of carbonyl (C=O) groups excluding carboxylic acids is 1. The fraction of sp³-hybridized carbons (Fsp3) is 0.200. The first-order valence-electron chi connectivity index (χ1n) is 6.40.